The molecule has 1 rings (SSSR count). The topological polar surface area (TPSA) is 54.1 Å². The smallest absolute Gasteiger partial charge is 0.103 e. The average molecular weight is 206 g/mol. The lowest BCUT2D eigenvalue weighted by molar-refractivity contribution is 0.0715. The highest BCUT2D eigenvalue weighted by Crippen LogP contribution is 2.16. The molecule has 1 heterocycles. The first-order chi connectivity index (χ1) is 7.01. The second kappa shape index (κ2) is 4.61. The minimum absolute atomic E-state index is 0.0163. The maximum atomic E-state index is 9.01. The fourth-order valence-electron chi connectivity index (χ4n) is 1.82. The molecule has 0 aromatic heterocycles. The first-order valence-corrected chi connectivity index (χ1v) is 5.31. The van der Waals surface area contributed by atoms with Crippen molar-refractivity contribution in [2.45, 2.75) is 32.4 Å². The molecule has 0 amide bonds. The van der Waals surface area contributed by atoms with Crippen LogP contribution < -0.4 is 0 Å². The SMILES string of the molecule is CC(C#N)N1CCN(C(C)(C)C#N)CC1. The van der Waals surface area contributed by atoms with E-state index < -0.39 is 0 Å². The van der Waals surface area contributed by atoms with Gasteiger partial charge < -0.3 is 0 Å². The van der Waals surface area contributed by atoms with Crippen molar-refractivity contribution in [3.63, 3.8) is 0 Å². The predicted octanol–water partition coefficient (Wildman–Crippen LogP) is 0.818. The Labute approximate surface area is 91.7 Å². The number of hydrogen-bond acceptors (Lipinski definition) is 4. The van der Waals surface area contributed by atoms with Gasteiger partial charge in [-0.25, -0.2) is 0 Å². The zero-order valence-electron chi connectivity index (χ0n) is 9.69. The monoisotopic (exact) mass is 206 g/mol. The molecule has 1 atom stereocenters. The molecule has 1 aliphatic heterocycles. The van der Waals surface area contributed by atoms with Crippen LogP contribution in [0.3, 0.4) is 0 Å². The highest BCUT2D eigenvalue weighted by molar-refractivity contribution is 5.03. The number of piperazine rings is 1. The highest BCUT2D eigenvalue weighted by atomic mass is 15.3. The molecular formula is C11H18N4. The maximum absolute atomic E-state index is 9.01. The molecule has 82 valence electrons. The van der Waals surface area contributed by atoms with Crippen LogP contribution in [-0.2, 0) is 0 Å². The van der Waals surface area contributed by atoms with E-state index in [4.69, 9.17) is 10.5 Å². The summed E-state index contributed by atoms with van der Waals surface area (Å²) < 4.78 is 0. The molecule has 0 aromatic rings. The van der Waals surface area contributed by atoms with Crippen molar-refractivity contribution in [2.24, 2.45) is 0 Å². The molecule has 0 saturated carbocycles. The predicted molar refractivity (Wildman–Crippen MR) is 57.9 cm³/mol. The van der Waals surface area contributed by atoms with Gasteiger partial charge in [0.2, 0.25) is 0 Å². The maximum Gasteiger partial charge on any atom is 0.103 e. The van der Waals surface area contributed by atoms with E-state index in [-0.39, 0.29) is 11.6 Å². The lowest BCUT2D eigenvalue weighted by Crippen LogP contribution is -2.55. The second-order valence-corrected chi connectivity index (χ2v) is 4.50. The average Bonchev–Trinajstić information content (AvgIpc) is 2.28. The van der Waals surface area contributed by atoms with Gasteiger partial charge in [0.15, 0.2) is 0 Å². The summed E-state index contributed by atoms with van der Waals surface area (Å²) >= 11 is 0. The molecule has 0 aliphatic carbocycles. The molecule has 0 spiro atoms. The van der Waals surface area contributed by atoms with Crippen LogP contribution in [-0.4, -0.2) is 47.6 Å². The van der Waals surface area contributed by atoms with E-state index >= 15 is 0 Å². The summed E-state index contributed by atoms with van der Waals surface area (Å²) in [5.74, 6) is 0. The number of rotatable bonds is 2. The van der Waals surface area contributed by atoms with Crippen LogP contribution in [0.15, 0.2) is 0 Å². The van der Waals surface area contributed by atoms with Crippen molar-refractivity contribution in [2.75, 3.05) is 26.2 Å². The quantitative estimate of drug-likeness (QED) is 0.671. The van der Waals surface area contributed by atoms with Gasteiger partial charge in [0.05, 0.1) is 18.2 Å². The Morgan fingerprint density at radius 3 is 2.07 bits per heavy atom. The molecule has 0 N–H and O–H groups in total. The summed E-state index contributed by atoms with van der Waals surface area (Å²) in [5, 5.41) is 17.8. The Kier molecular flexibility index (Phi) is 3.68. The van der Waals surface area contributed by atoms with Crippen molar-refractivity contribution in [3.8, 4) is 12.1 Å². The summed E-state index contributed by atoms with van der Waals surface area (Å²) in [7, 11) is 0. The van der Waals surface area contributed by atoms with Crippen molar-refractivity contribution < 1.29 is 0 Å². The molecule has 1 fully saturated rings. The van der Waals surface area contributed by atoms with Crippen LogP contribution in [0.2, 0.25) is 0 Å². The fourth-order valence-corrected chi connectivity index (χ4v) is 1.82. The number of hydrogen-bond donors (Lipinski definition) is 0. The molecule has 4 nitrogen and oxygen atoms in total. The van der Waals surface area contributed by atoms with Gasteiger partial charge in [-0.1, -0.05) is 0 Å². The Morgan fingerprint density at radius 1 is 1.13 bits per heavy atom. The third-order valence-corrected chi connectivity index (χ3v) is 3.11. The van der Waals surface area contributed by atoms with Crippen molar-refractivity contribution >= 4 is 0 Å². The van der Waals surface area contributed by atoms with Crippen LogP contribution in [0.4, 0.5) is 0 Å². The van der Waals surface area contributed by atoms with Crippen LogP contribution in [0.5, 0.6) is 0 Å². The van der Waals surface area contributed by atoms with Crippen LogP contribution in [0, 0.1) is 22.7 Å². The molecule has 4 heteroatoms. The number of nitriles is 2. The van der Waals surface area contributed by atoms with E-state index in [1.807, 2.05) is 20.8 Å². The Morgan fingerprint density at radius 2 is 1.67 bits per heavy atom. The van der Waals surface area contributed by atoms with Gasteiger partial charge in [0.25, 0.3) is 0 Å². The summed E-state index contributed by atoms with van der Waals surface area (Å²) in [5.41, 5.74) is -0.387. The summed E-state index contributed by atoms with van der Waals surface area (Å²) in [6, 6.07) is 4.54. The van der Waals surface area contributed by atoms with E-state index in [1.54, 1.807) is 0 Å². The van der Waals surface area contributed by atoms with Crippen LogP contribution >= 0.6 is 0 Å². The van der Waals surface area contributed by atoms with Crippen LogP contribution in [0.25, 0.3) is 0 Å². The third kappa shape index (κ3) is 2.68. The van der Waals surface area contributed by atoms with E-state index in [1.165, 1.54) is 0 Å². The normalized spacial score (nSPS) is 21.7. The van der Waals surface area contributed by atoms with Gasteiger partial charge in [0, 0.05) is 26.2 Å². The van der Waals surface area contributed by atoms with Crippen molar-refractivity contribution in [1.29, 1.82) is 10.5 Å². The van der Waals surface area contributed by atoms with Gasteiger partial charge in [-0.15, -0.1) is 0 Å². The molecule has 0 radical (unpaired) electrons. The Balaban J connectivity index is 2.51. The lowest BCUT2D eigenvalue weighted by atomic mass is 10.0. The minimum atomic E-state index is -0.387. The molecular weight excluding hydrogens is 188 g/mol. The van der Waals surface area contributed by atoms with E-state index in [0.29, 0.717) is 0 Å². The second-order valence-electron chi connectivity index (χ2n) is 4.50. The first kappa shape index (κ1) is 12.0. The number of nitrogens with zero attached hydrogens (tertiary/aromatic N) is 4. The summed E-state index contributed by atoms with van der Waals surface area (Å²) in [4.78, 5) is 4.33. The van der Waals surface area contributed by atoms with Gasteiger partial charge in [-0.05, 0) is 20.8 Å². The molecule has 1 saturated heterocycles. The van der Waals surface area contributed by atoms with Gasteiger partial charge in [0.1, 0.15) is 5.54 Å². The van der Waals surface area contributed by atoms with E-state index in [9.17, 15) is 0 Å². The van der Waals surface area contributed by atoms with Crippen molar-refractivity contribution in [1.82, 2.24) is 9.80 Å². The summed E-state index contributed by atoms with van der Waals surface area (Å²) in [6.45, 7) is 9.29. The lowest BCUT2D eigenvalue weighted by Gasteiger charge is -2.41. The minimum Gasteiger partial charge on any atom is -0.286 e. The van der Waals surface area contributed by atoms with E-state index in [2.05, 4.69) is 21.9 Å². The molecule has 1 unspecified atom stereocenters. The Bertz CT molecular complexity index is 289. The van der Waals surface area contributed by atoms with Gasteiger partial charge >= 0.3 is 0 Å². The summed E-state index contributed by atoms with van der Waals surface area (Å²) in [6.07, 6.45) is 0. The Hall–Kier alpha value is -1.10. The van der Waals surface area contributed by atoms with Crippen LogP contribution in [0.1, 0.15) is 20.8 Å². The highest BCUT2D eigenvalue weighted by Gasteiger charge is 2.30. The fraction of sp³-hybridized carbons (Fsp3) is 0.818. The third-order valence-electron chi connectivity index (χ3n) is 3.11. The molecule has 15 heavy (non-hydrogen) atoms. The molecule has 0 aromatic carbocycles. The molecule has 1 aliphatic rings. The first-order valence-electron chi connectivity index (χ1n) is 5.31. The van der Waals surface area contributed by atoms with Gasteiger partial charge in [-0.2, -0.15) is 10.5 Å². The zero-order chi connectivity index (χ0) is 11.5. The van der Waals surface area contributed by atoms with E-state index in [0.717, 1.165) is 26.2 Å². The standard InChI is InChI=1S/C11H18N4/c1-10(8-12)14-4-6-15(7-5-14)11(2,3)9-13/h10H,4-7H2,1-3H3. The van der Waals surface area contributed by atoms with Gasteiger partial charge in [-0.3, -0.25) is 9.80 Å². The zero-order valence-corrected chi connectivity index (χ0v) is 9.69. The molecule has 0 bridgehead atoms. The van der Waals surface area contributed by atoms with Crippen molar-refractivity contribution in [3.05, 3.63) is 0 Å². The largest absolute Gasteiger partial charge is 0.286 e.